The van der Waals surface area contributed by atoms with Gasteiger partial charge in [-0.05, 0) is 0 Å². The number of hydrogen-bond donors (Lipinski definition) is 0. The molecule has 1 fully saturated rings. The van der Waals surface area contributed by atoms with Crippen molar-refractivity contribution in [3.8, 4) is 0 Å². The van der Waals surface area contributed by atoms with E-state index in [9.17, 15) is 0 Å². The van der Waals surface area contributed by atoms with Gasteiger partial charge in [-0.25, -0.2) is 9.78 Å². The maximum atomic E-state index is 3.97. The Hall–Kier alpha value is -0.120. The van der Waals surface area contributed by atoms with Crippen molar-refractivity contribution in [2.24, 2.45) is 0 Å². The third-order valence-corrected chi connectivity index (χ3v) is 1.64. The summed E-state index contributed by atoms with van der Waals surface area (Å²) in [7, 11) is 2.73. The summed E-state index contributed by atoms with van der Waals surface area (Å²) in [5, 5.41) is 3.83. The van der Waals surface area contributed by atoms with E-state index in [4.69, 9.17) is 0 Å². The molecular formula is C8H18O3. The molecule has 3 nitrogen and oxygen atoms in total. The summed E-state index contributed by atoms with van der Waals surface area (Å²) in [6, 6.07) is 0. The first-order valence-corrected chi connectivity index (χ1v) is 4.15. The van der Waals surface area contributed by atoms with E-state index in [1.807, 2.05) is 0 Å². The molecule has 1 saturated carbocycles. The van der Waals surface area contributed by atoms with Crippen LogP contribution >= 0.6 is 0 Å². The van der Waals surface area contributed by atoms with Crippen molar-refractivity contribution in [3.63, 3.8) is 0 Å². The first-order chi connectivity index (χ1) is 5.41. The van der Waals surface area contributed by atoms with Gasteiger partial charge in [0.2, 0.25) is 0 Å². The largest absolute Gasteiger partial charge is 0.210 e. The molecule has 0 aliphatic heterocycles. The normalized spacial score (nSPS) is 16.9. The van der Waals surface area contributed by atoms with Crippen LogP contribution in [0.4, 0.5) is 0 Å². The first-order valence-electron chi connectivity index (χ1n) is 4.15. The van der Waals surface area contributed by atoms with E-state index >= 15 is 0 Å². The van der Waals surface area contributed by atoms with Crippen molar-refractivity contribution in [2.45, 2.75) is 38.5 Å². The molecule has 11 heavy (non-hydrogen) atoms. The van der Waals surface area contributed by atoms with Gasteiger partial charge in [-0.15, -0.1) is 0 Å². The van der Waals surface area contributed by atoms with Crippen LogP contribution < -0.4 is 0 Å². The molecule has 0 aromatic rings. The lowest BCUT2D eigenvalue weighted by atomic mass is 10.0. The van der Waals surface area contributed by atoms with Crippen LogP contribution in [0.25, 0.3) is 0 Å². The second kappa shape index (κ2) is 9.88. The van der Waals surface area contributed by atoms with Crippen molar-refractivity contribution >= 4 is 0 Å². The van der Waals surface area contributed by atoms with E-state index in [2.05, 4.69) is 14.8 Å². The van der Waals surface area contributed by atoms with E-state index in [0.717, 1.165) is 0 Å². The Balaban J connectivity index is 0.000000187. The van der Waals surface area contributed by atoms with Crippen LogP contribution in [-0.4, -0.2) is 14.2 Å². The molecule has 3 heteroatoms. The average molecular weight is 162 g/mol. The van der Waals surface area contributed by atoms with Crippen molar-refractivity contribution < 1.29 is 14.8 Å². The molecule has 0 heterocycles. The Kier molecular flexibility index (Phi) is 9.77. The lowest BCUT2D eigenvalue weighted by Crippen LogP contribution is -1.85. The van der Waals surface area contributed by atoms with E-state index < -0.39 is 0 Å². The molecule has 68 valence electrons. The van der Waals surface area contributed by atoms with Gasteiger partial charge in [-0.3, -0.25) is 0 Å². The summed E-state index contributed by atoms with van der Waals surface area (Å²) in [6.07, 6.45) is 9.00. The van der Waals surface area contributed by atoms with Crippen molar-refractivity contribution in [2.75, 3.05) is 14.2 Å². The van der Waals surface area contributed by atoms with Crippen LogP contribution in [-0.2, 0) is 14.8 Å². The Morgan fingerprint density at radius 1 is 0.636 bits per heavy atom. The molecule has 0 aromatic carbocycles. The highest BCUT2D eigenvalue weighted by molar-refractivity contribution is 4.51. The van der Waals surface area contributed by atoms with Crippen molar-refractivity contribution in [1.82, 2.24) is 0 Å². The van der Waals surface area contributed by atoms with Crippen LogP contribution in [0.2, 0.25) is 0 Å². The first kappa shape index (κ1) is 10.9. The number of rotatable bonds is 2. The van der Waals surface area contributed by atoms with Gasteiger partial charge >= 0.3 is 0 Å². The fourth-order valence-corrected chi connectivity index (χ4v) is 1.13. The molecule has 0 spiro atoms. The van der Waals surface area contributed by atoms with Crippen LogP contribution in [0.15, 0.2) is 0 Å². The molecule has 1 aliphatic rings. The zero-order valence-electron chi connectivity index (χ0n) is 7.47. The standard InChI is InChI=1S/C6H12.C2H6O3/c1-2-4-6-5-3-1;1-3-5-4-2/h1-6H2;1-2H3. The fourth-order valence-electron chi connectivity index (χ4n) is 1.13. The Bertz CT molecular complexity index is 48.8. The molecule has 1 rings (SSSR count). The number of hydrogen-bond acceptors (Lipinski definition) is 3. The van der Waals surface area contributed by atoms with Gasteiger partial charge in [0.05, 0.1) is 14.2 Å². The topological polar surface area (TPSA) is 27.7 Å². The van der Waals surface area contributed by atoms with E-state index in [-0.39, 0.29) is 0 Å². The second-order valence-corrected chi connectivity index (χ2v) is 2.52. The SMILES string of the molecule is C1CCCCC1.COOOC. The predicted molar refractivity (Wildman–Crippen MR) is 42.8 cm³/mol. The third kappa shape index (κ3) is 9.88. The van der Waals surface area contributed by atoms with Crippen molar-refractivity contribution in [1.29, 1.82) is 0 Å². The van der Waals surface area contributed by atoms with Gasteiger partial charge in [0.25, 0.3) is 0 Å². The third-order valence-electron chi connectivity index (χ3n) is 1.64. The molecular weight excluding hydrogens is 144 g/mol. The lowest BCUT2D eigenvalue weighted by molar-refractivity contribution is -0.491. The fraction of sp³-hybridized carbons (Fsp3) is 1.00. The maximum absolute atomic E-state index is 3.97. The molecule has 0 N–H and O–H groups in total. The summed E-state index contributed by atoms with van der Waals surface area (Å²) in [4.78, 5) is 7.94. The van der Waals surface area contributed by atoms with Crippen LogP contribution in [0.3, 0.4) is 0 Å². The highest BCUT2D eigenvalue weighted by Gasteiger charge is 1.95. The Morgan fingerprint density at radius 2 is 0.909 bits per heavy atom. The summed E-state index contributed by atoms with van der Waals surface area (Å²) < 4.78 is 0. The molecule has 0 saturated heterocycles. The highest BCUT2D eigenvalue weighted by Crippen LogP contribution is 2.15. The summed E-state index contributed by atoms with van der Waals surface area (Å²) in [5.74, 6) is 0. The molecule has 0 radical (unpaired) electrons. The van der Waals surface area contributed by atoms with E-state index in [1.165, 1.54) is 52.7 Å². The summed E-state index contributed by atoms with van der Waals surface area (Å²) >= 11 is 0. The van der Waals surface area contributed by atoms with Gasteiger partial charge in [0.15, 0.2) is 0 Å². The predicted octanol–water partition coefficient (Wildman–Crippen LogP) is 2.47. The monoisotopic (exact) mass is 162 g/mol. The van der Waals surface area contributed by atoms with Crippen LogP contribution in [0.1, 0.15) is 38.5 Å². The molecule has 0 unspecified atom stereocenters. The zero-order valence-corrected chi connectivity index (χ0v) is 7.47. The minimum atomic E-state index is 1.36. The van der Waals surface area contributed by atoms with Gasteiger partial charge in [-0.2, -0.15) is 0 Å². The van der Waals surface area contributed by atoms with Crippen LogP contribution in [0.5, 0.6) is 0 Å². The highest BCUT2D eigenvalue weighted by atomic mass is 17.5. The smallest absolute Gasteiger partial charge is 0.0744 e. The zero-order chi connectivity index (χ0) is 8.36. The van der Waals surface area contributed by atoms with E-state index in [0.29, 0.717) is 0 Å². The average Bonchev–Trinajstić information content (AvgIpc) is 2.10. The molecule has 0 aromatic heterocycles. The molecule has 0 amide bonds. The minimum Gasteiger partial charge on any atom is -0.210 e. The maximum Gasteiger partial charge on any atom is 0.0744 e. The molecule has 1 aliphatic carbocycles. The van der Waals surface area contributed by atoms with Crippen molar-refractivity contribution in [3.05, 3.63) is 0 Å². The quantitative estimate of drug-likeness (QED) is 0.461. The Morgan fingerprint density at radius 3 is 1.00 bits per heavy atom. The van der Waals surface area contributed by atoms with Gasteiger partial charge < -0.3 is 0 Å². The van der Waals surface area contributed by atoms with Crippen LogP contribution in [0, 0.1) is 0 Å². The second-order valence-electron chi connectivity index (χ2n) is 2.52. The molecule has 0 bridgehead atoms. The van der Waals surface area contributed by atoms with E-state index in [1.54, 1.807) is 0 Å². The lowest BCUT2D eigenvalue weighted by Gasteiger charge is -2.05. The summed E-state index contributed by atoms with van der Waals surface area (Å²) in [5.41, 5.74) is 0. The van der Waals surface area contributed by atoms with Gasteiger partial charge in [-0.1, -0.05) is 43.6 Å². The Labute approximate surface area is 68.5 Å². The molecule has 0 atom stereocenters. The van der Waals surface area contributed by atoms with Gasteiger partial charge in [0, 0.05) is 0 Å². The summed E-state index contributed by atoms with van der Waals surface area (Å²) in [6.45, 7) is 0. The van der Waals surface area contributed by atoms with Gasteiger partial charge in [0.1, 0.15) is 0 Å². The minimum absolute atomic E-state index is 1.36.